The molecule has 1 aliphatic rings. The smallest absolute Gasteiger partial charge is 0.340 e. The zero-order chi connectivity index (χ0) is 29.1. The van der Waals surface area contributed by atoms with E-state index in [0.717, 1.165) is 28.0 Å². The van der Waals surface area contributed by atoms with Gasteiger partial charge < -0.3 is 25.0 Å². The fraction of sp³-hybridized carbons (Fsp3) is 0.143. The van der Waals surface area contributed by atoms with Crippen molar-refractivity contribution in [3.63, 3.8) is 0 Å². The summed E-state index contributed by atoms with van der Waals surface area (Å²) < 4.78 is 11.7. The molecule has 0 spiro atoms. The van der Waals surface area contributed by atoms with Gasteiger partial charge in [0.2, 0.25) is 0 Å². The fourth-order valence-corrected chi connectivity index (χ4v) is 4.52. The SMILES string of the molecule is CC(OC(=O)c1ccccc1)N1C=CC=C(CNC(=O)Nc2ccc(COc3ccccc3-c3ccccc3)cc2)C1. The molecule has 1 atom stereocenters. The van der Waals surface area contributed by atoms with Gasteiger partial charge in [-0.15, -0.1) is 0 Å². The standard InChI is InChI=1S/C35H33N3O4/c1-26(42-34(39)30-14-6-3-7-15-30)38-22-10-11-28(24-38)23-36-35(40)37-31-20-18-27(19-21-31)25-41-33-17-9-8-16-32(33)29-12-4-2-5-13-29/h2-22,26H,23-25H2,1H3,(H2,36,37,40). The van der Waals surface area contributed by atoms with Crippen LogP contribution in [0.25, 0.3) is 11.1 Å². The van der Waals surface area contributed by atoms with Gasteiger partial charge >= 0.3 is 12.0 Å². The van der Waals surface area contributed by atoms with E-state index in [1.54, 1.807) is 24.3 Å². The number of hydrogen-bond donors (Lipinski definition) is 2. The lowest BCUT2D eigenvalue weighted by Gasteiger charge is -2.30. The van der Waals surface area contributed by atoms with E-state index in [1.165, 1.54) is 0 Å². The van der Waals surface area contributed by atoms with Gasteiger partial charge in [0.1, 0.15) is 12.4 Å². The van der Waals surface area contributed by atoms with E-state index in [1.807, 2.05) is 96.9 Å². The summed E-state index contributed by atoms with van der Waals surface area (Å²) in [6.07, 6.45) is 5.25. The average molecular weight is 560 g/mol. The molecule has 7 nitrogen and oxygen atoms in total. The highest BCUT2D eigenvalue weighted by atomic mass is 16.6. The normalized spacial score (nSPS) is 13.1. The number of amides is 2. The van der Waals surface area contributed by atoms with Crippen LogP contribution in [0.1, 0.15) is 22.8 Å². The van der Waals surface area contributed by atoms with E-state index in [0.29, 0.717) is 30.9 Å². The number of rotatable bonds is 10. The van der Waals surface area contributed by atoms with Crippen molar-refractivity contribution in [3.8, 4) is 16.9 Å². The Morgan fingerprint density at radius 3 is 2.31 bits per heavy atom. The quantitative estimate of drug-likeness (QED) is 0.204. The molecule has 4 aromatic rings. The van der Waals surface area contributed by atoms with Crippen molar-refractivity contribution in [2.75, 3.05) is 18.4 Å². The van der Waals surface area contributed by atoms with Crippen LogP contribution in [0.5, 0.6) is 5.75 Å². The number of para-hydroxylation sites is 1. The Labute approximate surface area is 246 Å². The monoisotopic (exact) mass is 559 g/mol. The number of ether oxygens (including phenoxy) is 2. The molecule has 212 valence electrons. The second-order valence-electron chi connectivity index (χ2n) is 9.86. The maximum Gasteiger partial charge on any atom is 0.340 e. The molecule has 1 unspecified atom stereocenters. The maximum absolute atomic E-state index is 12.6. The minimum atomic E-state index is -0.458. The second kappa shape index (κ2) is 13.9. The molecule has 0 fully saturated rings. The van der Waals surface area contributed by atoms with Crippen molar-refractivity contribution >= 4 is 17.7 Å². The van der Waals surface area contributed by atoms with Gasteiger partial charge in [-0.1, -0.05) is 84.9 Å². The van der Waals surface area contributed by atoms with E-state index in [4.69, 9.17) is 9.47 Å². The molecule has 0 saturated carbocycles. The van der Waals surface area contributed by atoms with Gasteiger partial charge in [-0.2, -0.15) is 0 Å². The van der Waals surface area contributed by atoms with Crippen LogP contribution in [-0.4, -0.2) is 36.2 Å². The van der Waals surface area contributed by atoms with Crippen LogP contribution in [0.3, 0.4) is 0 Å². The Morgan fingerprint density at radius 1 is 0.857 bits per heavy atom. The molecule has 0 radical (unpaired) electrons. The van der Waals surface area contributed by atoms with Gasteiger partial charge in [0.05, 0.1) is 5.56 Å². The molecule has 1 heterocycles. The van der Waals surface area contributed by atoms with E-state index < -0.39 is 6.23 Å². The van der Waals surface area contributed by atoms with Gasteiger partial charge in [0.25, 0.3) is 0 Å². The Morgan fingerprint density at radius 2 is 1.55 bits per heavy atom. The van der Waals surface area contributed by atoms with Gasteiger partial charge in [0, 0.05) is 30.5 Å². The number of anilines is 1. The van der Waals surface area contributed by atoms with Gasteiger partial charge in [-0.25, -0.2) is 9.59 Å². The average Bonchev–Trinajstić information content (AvgIpc) is 3.04. The molecule has 2 amide bonds. The number of nitrogens with one attached hydrogen (secondary N) is 2. The van der Waals surface area contributed by atoms with Crippen LogP contribution in [0.2, 0.25) is 0 Å². The van der Waals surface area contributed by atoms with E-state index >= 15 is 0 Å². The minimum absolute atomic E-state index is 0.304. The highest BCUT2D eigenvalue weighted by Gasteiger charge is 2.19. The van der Waals surface area contributed by atoms with Crippen LogP contribution >= 0.6 is 0 Å². The number of hydrogen-bond acceptors (Lipinski definition) is 5. The molecule has 7 heteroatoms. The fourth-order valence-electron chi connectivity index (χ4n) is 4.52. The van der Waals surface area contributed by atoms with Crippen molar-refractivity contribution < 1.29 is 19.1 Å². The third-order valence-corrected chi connectivity index (χ3v) is 6.80. The first-order valence-electron chi connectivity index (χ1n) is 13.8. The van der Waals surface area contributed by atoms with Crippen molar-refractivity contribution in [2.45, 2.75) is 19.8 Å². The number of esters is 1. The van der Waals surface area contributed by atoms with E-state index in [2.05, 4.69) is 28.8 Å². The number of nitrogens with zero attached hydrogens (tertiary/aromatic N) is 1. The molecule has 4 aromatic carbocycles. The molecule has 2 N–H and O–H groups in total. The summed E-state index contributed by atoms with van der Waals surface area (Å²) in [5.74, 6) is 0.444. The highest BCUT2D eigenvalue weighted by Crippen LogP contribution is 2.30. The first kappa shape index (κ1) is 28.2. The predicted octanol–water partition coefficient (Wildman–Crippen LogP) is 7.01. The zero-order valence-electron chi connectivity index (χ0n) is 23.4. The molecule has 0 bridgehead atoms. The van der Waals surface area contributed by atoms with E-state index in [-0.39, 0.29) is 12.0 Å². The molecule has 42 heavy (non-hydrogen) atoms. The Hall–Kier alpha value is -5.30. The molecule has 0 aliphatic carbocycles. The van der Waals surface area contributed by atoms with Crippen LogP contribution in [-0.2, 0) is 11.3 Å². The summed E-state index contributed by atoms with van der Waals surface area (Å²) in [4.78, 5) is 26.9. The molecule has 1 aliphatic heterocycles. The summed E-state index contributed by atoms with van der Waals surface area (Å²) >= 11 is 0. The van der Waals surface area contributed by atoms with E-state index in [9.17, 15) is 9.59 Å². The number of carbonyl (C=O) groups excluding carboxylic acids is 2. The number of urea groups is 1. The third-order valence-electron chi connectivity index (χ3n) is 6.80. The predicted molar refractivity (Wildman–Crippen MR) is 165 cm³/mol. The largest absolute Gasteiger partial charge is 0.488 e. The Balaban J connectivity index is 1.07. The summed E-state index contributed by atoms with van der Waals surface area (Å²) in [5, 5.41) is 5.77. The van der Waals surface area contributed by atoms with Crippen LogP contribution in [0.15, 0.2) is 133 Å². The summed E-state index contributed by atoms with van der Waals surface area (Å²) in [5.41, 5.74) is 5.31. The second-order valence-corrected chi connectivity index (χ2v) is 9.86. The molecular formula is C35H33N3O4. The van der Waals surface area contributed by atoms with Crippen molar-refractivity contribution in [2.24, 2.45) is 0 Å². The lowest BCUT2D eigenvalue weighted by atomic mass is 10.0. The molecule has 5 rings (SSSR count). The third kappa shape index (κ3) is 7.67. The first-order chi connectivity index (χ1) is 20.5. The van der Waals surface area contributed by atoms with Crippen LogP contribution in [0, 0.1) is 0 Å². The molecule has 0 aromatic heterocycles. The van der Waals surface area contributed by atoms with Crippen LogP contribution < -0.4 is 15.4 Å². The minimum Gasteiger partial charge on any atom is -0.488 e. The zero-order valence-corrected chi connectivity index (χ0v) is 23.4. The molecule has 0 saturated heterocycles. The lowest BCUT2D eigenvalue weighted by molar-refractivity contribution is -0.00437. The summed E-state index contributed by atoms with van der Waals surface area (Å²) in [7, 11) is 0. The Kier molecular flexibility index (Phi) is 9.31. The maximum atomic E-state index is 12.6. The van der Waals surface area contributed by atoms with Crippen molar-refractivity contribution in [1.82, 2.24) is 10.2 Å². The van der Waals surface area contributed by atoms with Crippen molar-refractivity contribution in [3.05, 3.63) is 144 Å². The summed E-state index contributed by atoms with van der Waals surface area (Å²) in [6.45, 7) is 3.12. The lowest BCUT2D eigenvalue weighted by Crippen LogP contribution is -2.38. The molecular weight excluding hydrogens is 526 g/mol. The number of carbonyl (C=O) groups is 2. The van der Waals surface area contributed by atoms with Crippen LogP contribution in [0.4, 0.5) is 10.5 Å². The first-order valence-corrected chi connectivity index (χ1v) is 13.8. The Bertz CT molecular complexity index is 1550. The topological polar surface area (TPSA) is 79.9 Å². The van der Waals surface area contributed by atoms with Gasteiger partial charge in [0.15, 0.2) is 6.23 Å². The van der Waals surface area contributed by atoms with Crippen molar-refractivity contribution in [1.29, 1.82) is 0 Å². The number of allylic oxidation sites excluding steroid dienone is 2. The summed E-state index contributed by atoms with van der Waals surface area (Å²) in [6, 6.07) is 34.3. The van der Waals surface area contributed by atoms with Gasteiger partial charge in [-0.3, -0.25) is 0 Å². The van der Waals surface area contributed by atoms with Gasteiger partial charge in [-0.05, 0) is 60.0 Å². The highest BCUT2D eigenvalue weighted by molar-refractivity contribution is 5.90. The number of benzene rings is 4.